The zero-order valence-corrected chi connectivity index (χ0v) is 12.3. The number of carboxylic acid groups (broad SMARTS) is 1. The van der Waals surface area contributed by atoms with Crippen molar-refractivity contribution in [2.24, 2.45) is 5.41 Å². The number of hydrogen-bond acceptors (Lipinski definition) is 3. The van der Waals surface area contributed by atoms with Crippen molar-refractivity contribution in [2.45, 2.75) is 32.7 Å². The van der Waals surface area contributed by atoms with Gasteiger partial charge in [0.1, 0.15) is 0 Å². The number of rotatable bonds is 6. The van der Waals surface area contributed by atoms with E-state index in [0.29, 0.717) is 19.5 Å². The first-order valence-electron chi connectivity index (χ1n) is 7.23. The number of aliphatic carboxylic acids is 1. The molecular weight excluding hydrogens is 272 g/mol. The fraction of sp³-hybridized carbons (Fsp3) is 0.643. The van der Waals surface area contributed by atoms with Crippen molar-refractivity contribution in [3.8, 4) is 0 Å². The molecule has 2 heterocycles. The third-order valence-electron chi connectivity index (χ3n) is 3.96. The van der Waals surface area contributed by atoms with E-state index in [1.807, 2.05) is 10.8 Å². The van der Waals surface area contributed by atoms with Crippen molar-refractivity contribution in [1.82, 2.24) is 19.8 Å². The van der Waals surface area contributed by atoms with Crippen LogP contribution in [-0.2, 0) is 11.3 Å². The van der Waals surface area contributed by atoms with Gasteiger partial charge in [0.2, 0.25) is 0 Å². The standard InChI is InChI=1S/C14H22N4O3/c1-14(12(19)20)4-8-18(10-14)13(21)16-5-2-3-7-17-9-6-15-11-17/h6,9,11H,2-5,7-8,10H2,1H3,(H,16,21)(H,19,20). The minimum atomic E-state index is -0.835. The Hall–Kier alpha value is -2.05. The van der Waals surface area contributed by atoms with Gasteiger partial charge in [-0.15, -0.1) is 0 Å². The first kappa shape index (κ1) is 15.3. The number of aromatic nitrogens is 2. The van der Waals surface area contributed by atoms with Gasteiger partial charge in [-0.25, -0.2) is 9.78 Å². The van der Waals surface area contributed by atoms with E-state index in [1.54, 1.807) is 24.3 Å². The van der Waals surface area contributed by atoms with Crippen LogP contribution in [0, 0.1) is 5.41 Å². The van der Waals surface area contributed by atoms with Gasteiger partial charge in [0, 0.05) is 38.6 Å². The Balaban J connectivity index is 1.63. The zero-order valence-electron chi connectivity index (χ0n) is 12.3. The molecule has 0 spiro atoms. The molecule has 0 bridgehead atoms. The molecule has 0 aromatic carbocycles. The quantitative estimate of drug-likeness (QED) is 0.771. The average molecular weight is 294 g/mol. The number of amides is 2. The highest BCUT2D eigenvalue weighted by Gasteiger charge is 2.42. The molecule has 116 valence electrons. The number of unbranched alkanes of at least 4 members (excludes halogenated alkanes) is 1. The number of aryl methyl sites for hydroxylation is 1. The third-order valence-corrected chi connectivity index (χ3v) is 3.96. The smallest absolute Gasteiger partial charge is 0.317 e. The lowest BCUT2D eigenvalue weighted by Gasteiger charge is -2.20. The molecule has 1 unspecified atom stereocenters. The van der Waals surface area contributed by atoms with E-state index in [0.717, 1.165) is 19.4 Å². The van der Waals surface area contributed by atoms with Crippen molar-refractivity contribution in [2.75, 3.05) is 19.6 Å². The van der Waals surface area contributed by atoms with E-state index in [9.17, 15) is 9.59 Å². The fourth-order valence-corrected chi connectivity index (χ4v) is 2.45. The molecule has 0 saturated carbocycles. The van der Waals surface area contributed by atoms with Crippen LogP contribution >= 0.6 is 0 Å². The van der Waals surface area contributed by atoms with Crippen molar-refractivity contribution < 1.29 is 14.7 Å². The summed E-state index contributed by atoms with van der Waals surface area (Å²) >= 11 is 0. The maximum Gasteiger partial charge on any atom is 0.317 e. The summed E-state index contributed by atoms with van der Waals surface area (Å²) < 4.78 is 2.00. The van der Waals surface area contributed by atoms with E-state index in [2.05, 4.69) is 10.3 Å². The summed E-state index contributed by atoms with van der Waals surface area (Å²) in [7, 11) is 0. The summed E-state index contributed by atoms with van der Waals surface area (Å²) in [6.45, 7) is 3.96. The number of imidazole rings is 1. The predicted molar refractivity (Wildman–Crippen MR) is 76.8 cm³/mol. The second-order valence-electron chi connectivity index (χ2n) is 5.78. The number of nitrogens with zero attached hydrogens (tertiary/aromatic N) is 3. The van der Waals surface area contributed by atoms with E-state index < -0.39 is 11.4 Å². The van der Waals surface area contributed by atoms with Crippen molar-refractivity contribution in [1.29, 1.82) is 0 Å². The Kier molecular flexibility index (Phi) is 4.82. The van der Waals surface area contributed by atoms with Crippen molar-refractivity contribution in [3.05, 3.63) is 18.7 Å². The summed E-state index contributed by atoms with van der Waals surface area (Å²) in [5, 5.41) is 12.0. The number of carbonyl (C=O) groups excluding carboxylic acids is 1. The van der Waals surface area contributed by atoms with Crippen LogP contribution in [0.2, 0.25) is 0 Å². The summed E-state index contributed by atoms with van der Waals surface area (Å²) in [5.74, 6) is -0.835. The van der Waals surface area contributed by atoms with Crippen LogP contribution in [-0.4, -0.2) is 51.2 Å². The SMILES string of the molecule is CC1(C(=O)O)CCN(C(=O)NCCCCn2ccnc2)C1. The number of hydrogen-bond donors (Lipinski definition) is 2. The van der Waals surface area contributed by atoms with Gasteiger partial charge >= 0.3 is 12.0 Å². The van der Waals surface area contributed by atoms with Crippen LogP contribution in [0.5, 0.6) is 0 Å². The molecule has 1 fully saturated rings. The van der Waals surface area contributed by atoms with Gasteiger partial charge in [-0.05, 0) is 26.2 Å². The first-order chi connectivity index (χ1) is 10.0. The topological polar surface area (TPSA) is 87.5 Å². The van der Waals surface area contributed by atoms with Gasteiger partial charge in [-0.3, -0.25) is 4.79 Å². The molecule has 1 aromatic heterocycles. The number of carboxylic acids is 1. The van der Waals surface area contributed by atoms with Gasteiger partial charge in [0.25, 0.3) is 0 Å². The van der Waals surface area contributed by atoms with Crippen LogP contribution in [0.1, 0.15) is 26.2 Å². The Morgan fingerprint density at radius 2 is 2.24 bits per heavy atom. The average Bonchev–Trinajstić information content (AvgIpc) is 3.08. The lowest BCUT2D eigenvalue weighted by atomic mass is 9.90. The summed E-state index contributed by atoms with van der Waals surface area (Å²) in [6, 6.07) is -0.164. The van der Waals surface area contributed by atoms with Gasteiger partial charge in [-0.1, -0.05) is 0 Å². The maximum absolute atomic E-state index is 12.0. The summed E-state index contributed by atoms with van der Waals surface area (Å²) in [4.78, 5) is 28.6. The first-order valence-corrected chi connectivity index (χ1v) is 7.23. The van der Waals surface area contributed by atoms with Gasteiger partial charge in [-0.2, -0.15) is 0 Å². The number of urea groups is 1. The Labute approximate surface area is 124 Å². The van der Waals surface area contributed by atoms with Gasteiger partial charge < -0.3 is 19.9 Å². The normalized spacial score (nSPS) is 21.5. The fourth-order valence-electron chi connectivity index (χ4n) is 2.45. The number of nitrogens with one attached hydrogen (secondary N) is 1. The second kappa shape index (κ2) is 6.60. The molecular formula is C14H22N4O3. The Morgan fingerprint density at radius 3 is 2.86 bits per heavy atom. The molecule has 1 aromatic rings. The minimum Gasteiger partial charge on any atom is -0.481 e. The molecule has 2 amide bonds. The highest BCUT2D eigenvalue weighted by Crippen LogP contribution is 2.29. The minimum absolute atomic E-state index is 0.164. The van der Waals surface area contributed by atoms with Crippen molar-refractivity contribution in [3.63, 3.8) is 0 Å². The molecule has 1 aliphatic rings. The van der Waals surface area contributed by atoms with Gasteiger partial charge in [0.05, 0.1) is 11.7 Å². The molecule has 1 saturated heterocycles. The third kappa shape index (κ3) is 3.96. The Morgan fingerprint density at radius 1 is 1.43 bits per heavy atom. The van der Waals surface area contributed by atoms with E-state index in [4.69, 9.17) is 5.11 Å². The highest BCUT2D eigenvalue weighted by atomic mass is 16.4. The second-order valence-corrected chi connectivity index (χ2v) is 5.78. The van der Waals surface area contributed by atoms with Gasteiger partial charge in [0.15, 0.2) is 0 Å². The van der Waals surface area contributed by atoms with Crippen LogP contribution in [0.25, 0.3) is 0 Å². The molecule has 1 atom stereocenters. The summed E-state index contributed by atoms with van der Waals surface area (Å²) in [6.07, 6.45) is 7.79. The van der Waals surface area contributed by atoms with E-state index in [-0.39, 0.29) is 12.6 Å². The Bertz CT molecular complexity index is 488. The maximum atomic E-state index is 12.0. The van der Waals surface area contributed by atoms with Crippen molar-refractivity contribution >= 4 is 12.0 Å². The molecule has 21 heavy (non-hydrogen) atoms. The van der Waals surface area contributed by atoms with E-state index >= 15 is 0 Å². The predicted octanol–water partition coefficient (Wildman–Crippen LogP) is 1.17. The molecule has 2 rings (SSSR count). The molecule has 2 N–H and O–H groups in total. The number of likely N-dealkylation sites (tertiary alicyclic amines) is 1. The van der Waals surface area contributed by atoms with Crippen LogP contribution in [0.3, 0.4) is 0 Å². The lowest BCUT2D eigenvalue weighted by Crippen LogP contribution is -2.41. The van der Waals surface area contributed by atoms with Crippen LogP contribution < -0.4 is 5.32 Å². The molecule has 7 heteroatoms. The molecule has 7 nitrogen and oxygen atoms in total. The molecule has 1 aliphatic heterocycles. The molecule has 0 radical (unpaired) electrons. The number of carbonyl (C=O) groups is 2. The van der Waals surface area contributed by atoms with E-state index in [1.165, 1.54) is 0 Å². The monoisotopic (exact) mass is 294 g/mol. The van der Waals surface area contributed by atoms with Crippen LogP contribution in [0.15, 0.2) is 18.7 Å². The summed E-state index contributed by atoms with van der Waals surface area (Å²) in [5.41, 5.74) is -0.807. The highest BCUT2D eigenvalue weighted by molar-refractivity contribution is 5.79. The lowest BCUT2D eigenvalue weighted by molar-refractivity contribution is -0.146. The molecule has 0 aliphatic carbocycles. The largest absolute Gasteiger partial charge is 0.481 e. The zero-order chi connectivity index (χ0) is 15.3. The van der Waals surface area contributed by atoms with Crippen LogP contribution in [0.4, 0.5) is 4.79 Å².